The van der Waals surface area contributed by atoms with E-state index in [1.54, 1.807) is 36.2 Å². The zero-order chi connectivity index (χ0) is 25.3. The summed E-state index contributed by atoms with van der Waals surface area (Å²) >= 11 is 0. The third-order valence-electron chi connectivity index (χ3n) is 6.48. The van der Waals surface area contributed by atoms with Gasteiger partial charge in [-0.1, -0.05) is 12.1 Å². The molecule has 1 atom stereocenters. The molecule has 2 heterocycles. The summed E-state index contributed by atoms with van der Waals surface area (Å²) in [7, 11) is 3.44. The Morgan fingerprint density at radius 3 is 2.37 bits per heavy atom. The zero-order valence-electron chi connectivity index (χ0n) is 20.9. The molecule has 0 aliphatic carbocycles. The number of rotatable bonds is 6. The normalized spacial score (nSPS) is 16.6. The molecule has 0 bridgehead atoms. The van der Waals surface area contributed by atoms with Crippen molar-refractivity contribution in [2.45, 2.75) is 32.9 Å². The highest BCUT2D eigenvalue weighted by Crippen LogP contribution is 2.28. The Bertz CT molecular complexity index is 1290. The van der Waals surface area contributed by atoms with Crippen molar-refractivity contribution in [1.29, 1.82) is 0 Å². The van der Waals surface area contributed by atoms with Gasteiger partial charge in [-0.25, -0.2) is 4.79 Å². The fourth-order valence-electron chi connectivity index (χ4n) is 4.62. The number of carbonyl (C=O) groups is 2. The molecule has 0 spiro atoms. The van der Waals surface area contributed by atoms with Crippen LogP contribution in [0, 0.1) is 0 Å². The van der Waals surface area contributed by atoms with Crippen LogP contribution in [0.25, 0.3) is 11.0 Å². The maximum Gasteiger partial charge on any atom is 0.328 e. The van der Waals surface area contributed by atoms with Gasteiger partial charge in [0.15, 0.2) is 0 Å². The van der Waals surface area contributed by atoms with Crippen LogP contribution in [-0.2, 0) is 23.7 Å². The predicted octanol–water partition coefficient (Wildman–Crippen LogP) is 2.51. The molecule has 3 aromatic rings. The summed E-state index contributed by atoms with van der Waals surface area (Å²) in [6.45, 7) is 7.41. The molecule has 0 unspecified atom stereocenters. The summed E-state index contributed by atoms with van der Waals surface area (Å²) in [6.07, 6.45) is 0.0847. The number of nitrogens with zero attached hydrogens (tertiary/aromatic N) is 4. The van der Waals surface area contributed by atoms with Crippen LogP contribution in [0.2, 0.25) is 0 Å². The number of fused-ring (bicyclic) bond motifs is 1. The van der Waals surface area contributed by atoms with Gasteiger partial charge in [-0.05, 0) is 49.7 Å². The van der Waals surface area contributed by atoms with E-state index in [4.69, 9.17) is 4.74 Å². The van der Waals surface area contributed by atoms with Crippen LogP contribution in [0.5, 0.6) is 5.75 Å². The molecule has 186 valence electrons. The zero-order valence-corrected chi connectivity index (χ0v) is 20.9. The average molecular weight is 480 g/mol. The molecule has 4 rings (SSSR count). The van der Waals surface area contributed by atoms with E-state index in [1.165, 1.54) is 0 Å². The fourth-order valence-corrected chi connectivity index (χ4v) is 4.62. The predicted molar refractivity (Wildman–Crippen MR) is 136 cm³/mol. The van der Waals surface area contributed by atoms with E-state index in [1.807, 2.05) is 55.1 Å². The highest BCUT2D eigenvalue weighted by molar-refractivity contribution is 5.94. The number of ether oxygens (including phenoxy) is 1. The lowest BCUT2D eigenvalue weighted by Gasteiger charge is -2.41. The van der Waals surface area contributed by atoms with Gasteiger partial charge in [-0.15, -0.1) is 0 Å². The van der Waals surface area contributed by atoms with Crippen LogP contribution in [0.4, 0.5) is 5.69 Å². The Balaban J connectivity index is 1.51. The molecule has 1 N–H and O–H groups in total. The van der Waals surface area contributed by atoms with E-state index in [2.05, 4.69) is 10.2 Å². The topological polar surface area (TPSA) is 88.8 Å². The Morgan fingerprint density at radius 2 is 1.71 bits per heavy atom. The number of benzene rings is 2. The highest BCUT2D eigenvalue weighted by atomic mass is 16.5. The standard InChI is InChI=1S/C26H33N5O4/c1-17(2)35-21-9-6-19(7-10-21)24-15-30(18(3)32)12-13-31(24)16-25(33)27-20-8-11-22-23(14-20)29(5)26(34)28(22)4/h6-11,14,17,24H,12-13,15-16H2,1-5H3,(H,27,33)/t24-/m1/s1. The average Bonchev–Trinajstić information content (AvgIpc) is 3.03. The van der Waals surface area contributed by atoms with Gasteiger partial charge in [0.05, 0.1) is 29.7 Å². The molecule has 1 fully saturated rings. The number of imidazole rings is 1. The number of aromatic nitrogens is 2. The van der Waals surface area contributed by atoms with Crippen LogP contribution in [0.15, 0.2) is 47.3 Å². The van der Waals surface area contributed by atoms with Gasteiger partial charge in [0.25, 0.3) is 0 Å². The van der Waals surface area contributed by atoms with Gasteiger partial charge in [0.2, 0.25) is 11.8 Å². The summed E-state index contributed by atoms with van der Waals surface area (Å²) in [6, 6.07) is 13.2. The summed E-state index contributed by atoms with van der Waals surface area (Å²) in [4.78, 5) is 41.2. The minimum absolute atomic E-state index is 0.0284. The van der Waals surface area contributed by atoms with Crippen LogP contribution in [-0.4, -0.2) is 63.0 Å². The fraction of sp³-hybridized carbons (Fsp3) is 0.423. The summed E-state index contributed by atoms with van der Waals surface area (Å²) in [5.41, 5.74) is 3.12. The molecule has 2 aromatic carbocycles. The Morgan fingerprint density at radius 1 is 1.03 bits per heavy atom. The van der Waals surface area contributed by atoms with E-state index in [-0.39, 0.29) is 36.2 Å². The molecule has 9 nitrogen and oxygen atoms in total. The van der Waals surface area contributed by atoms with Crippen molar-refractivity contribution < 1.29 is 14.3 Å². The molecule has 1 aliphatic heterocycles. The second-order valence-corrected chi connectivity index (χ2v) is 9.34. The first-order valence-electron chi connectivity index (χ1n) is 11.9. The van der Waals surface area contributed by atoms with Gasteiger partial charge in [-0.2, -0.15) is 0 Å². The summed E-state index contributed by atoms with van der Waals surface area (Å²) < 4.78 is 8.90. The van der Waals surface area contributed by atoms with Crippen molar-refractivity contribution in [3.63, 3.8) is 0 Å². The second-order valence-electron chi connectivity index (χ2n) is 9.34. The Labute approximate surface area is 204 Å². The smallest absolute Gasteiger partial charge is 0.328 e. The van der Waals surface area contributed by atoms with Crippen molar-refractivity contribution in [2.24, 2.45) is 14.1 Å². The molecular formula is C26H33N5O4. The summed E-state index contributed by atoms with van der Waals surface area (Å²) in [5.74, 6) is 0.671. The molecule has 0 radical (unpaired) electrons. The number of hydrogen-bond donors (Lipinski definition) is 1. The molecule has 1 aromatic heterocycles. The number of anilines is 1. The van der Waals surface area contributed by atoms with E-state index >= 15 is 0 Å². The first-order chi connectivity index (χ1) is 16.6. The lowest BCUT2D eigenvalue weighted by molar-refractivity contribution is -0.132. The molecule has 1 saturated heterocycles. The minimum atomic E-state index is -0.147. The number of nitrogens with one attached hydrogen (secondary N) is 1. The molecule has 2 amide bonds. The second kappa shape index (κ2) is 9.95. The summed E-state index contributed by atoms with van der Waals surface area (Å²) in [5, 5.41) is 2.97. The highest BCUT2D eigenvalue weighted by Gasteiger charge is 2.30. The number of carbonyl (C=O) groups excluding carboxylic acids is 2. The quantitative estimate of drug-likeness (QED) is 0.587. The molecule has 0 saturated carbocycles. The van der Waals surface area contributed by atoms with Crippen LogP contribution in [0.3, 0.4) is 0 Å². The van der Waals surface area contributed by atoms with Crippen LogP contribution >= 0.6 is 0 Å². The van der Waals surface area contributed by atoms with Gasteiger partial charge in [0.1, 0.15) is 5.75 Å². The SMILES string of the molecule is CC(=O)N1CCN(CC(=O)Nc2ccc3c(c2)n(C)c(=O)n3C)[C@@H](c2ccc(OC(C)C)cc2)C1. The number of amides is 2. The van der Waals surface area contributed by atoms with Crippen molar-refractivity contribution in [3.05, 3.63) is 58.5 Å². The third kappa shape index (κ3) is 5.24. The van der Waals surface area contributed by atoms with E-state index in [9.17, 15) is 14.4 Å². The van der Waals surface area contributed by atoms with Crippen LogP contribution < -0.4 is 15.7 Å². The first kappa shape index (κ1) is 24.5. The van der Waals surface area contributed by atoms with Crippen molar-refractivity contribution in [3.8, 4) is 5.75 Å². The molecule has 9 heteroatoms. The molecule has 1 aliphatic rings. The van der Waals surface area contributed by atoms with Crippen molar-refractivity contribution in [1.82, 2.24) is 18.9 Å². The van der Waals surface area contributed by atoms with Crippen molar-refractivity contribution >= 4 is 28.5 Å². The number of piperazine rings is 1. The number of aryl methyl sites for hydroxylation is 2. The molecular weight excluding hydrogens is 446 g/mol. The van der Waals surface area contributed by atoms with E-state index in [0.29, 0.717) is 25.3 Å². The number of hydrogen-bond acceptors (Lipinski definition) is 5. The Kier molecular flexibility index (Phi) is 6.98. The Hall–Kier alpha value is -3.59. The monoisotopic (exact) mass is 479 g/mol. The van der Waals surface area contributed by atoms with Gasteiger partial charge >= 0.3 is 5.69 Å². The van der Waals surface area contributed by atoms with Crippen molar-refractivity contribution in [2.75, 3.05) is 31.5 Å². The van der Waals surface area contributed by atoms with Crippen LogP contribution in [0.1, 0.15) is 32.4 Å². The first-order valence-corrected chi connectivity index (χ1v) is 11.9. The largest absolute Gasteiger partial charge is 0.491 e. The maximum atomic E-state index is 13.0. The lowest BCUT2D eigenvalue weighted by atomic mass is 10.0. The van der Waals surface area contributed by atoms with E-state index < -0.39 is 0 Å². The minimum Gasteiger partial charge on any atom is -0.491 e. The maximum absolute atomic E-state index is 13.0. The lowest BCUT2D eigenvalue weighted by Crippen LogP contribution is -2.51. The van der Waals surface area contributed by atoms with Gasteiger partial charge < -0.3 is 15.0 Å². The third-order valence-corrected chi connectivity index (χ3v) is 6.48. The molecule has 35 heavy (non-hydrogen) atoms. The van der Waals surface area contributed by atoms with Gasteiger partial charge in [0, 0.05) is 46.3 Å². The van der Waals surface area contributed by atoms with E-state index in [0.717, 1.165) is 22.3 Å². The van der Waals surface area contributed by atoms with Gasteiger partial charge in [-0.3, -0.25) is 23.6 Å².